The largest absolute Gasteiger partial charge is 0.373 e. The number of carbonyl (C=O) groups is 3. The summed E-state index contributed by atoms with van der Waals surface area (Å²) in [5, 5.41) is 8.75. The van der Waals surface area contributed by atoms with Crippen molar-refractivity contribution in [1.82, 2.24) is 5.32 Å². The van der Waals surface area contributed by atoms with Crippen molar-refractivity contribution in [3.8, 4) is 0 Å². The molecule has 1 heterocycles. The van der Waals surface area contributed by atoms with E-state index < -0.39 is 6.04 Å². The minimum Gasteiger partial charge on any atom is -0.373 e. The Morgan fingerprint density at radius 3 is 2.25 bits per heavy atom. The van der Waals surface area contributed by atoms with Crippen molar-refractivity contribution in [2.24, 2.45) is 0 Å². The van der Waals surface area contributed by atoms with E-state index in [0.717, 1.165) is 18.4 Å². The van der Waals surface area contributed by atoms with Crippen LogP contribution in [0.1, 0.15) is 24.8 Å². The molecule has 0 bridgehead atoms. The molecule has 1 unspecified atom stereocenters. The van der Waals surface area contributed by atoms with Gasteiger partial charge in [0.25, 0.3) is 5.91 Å². The van der Waals surface area contributed by atoms with E-state index in [1.807, 2.05) is 19.1 Å². The number of nitrogens with zero attached hydrogens (tertiary/aromatic N) is 1. The molecule has 1 aliphatic carbocycles. The van der Waals surface area contributed by atoms with E-state index in [4.69, 9.17) is 0 Å². The first kappa shape index (κ1) is 18.0. The molecule has 2 aromatic rings. The molecule has 144 valence electrons. The molecule has 0 spiro atoms. The second-order valence-corrected chi connectivity index (χ2v) is 7.25. The number of hydrogen-bond donors (Lipinski definition) is 3. The summed E-state index contributed by atoms with van der Waals surface area (Å²) in [5.41, 5.74) is 3.03. The van der Waals surface area contributed by atoms with Gasteiger partial charge in [-0.1, -0.05) is 17.7 Å². The molecule has 0 aromatic heterocycles. The Bertz CT molecular complexity index is 904. The van der Waals surface area contributed by atoms with Crippen LogP contribution in [-0.2, 0) is 9.59 Å². The van der Waals surface area contributed by atoms with Gasteiger partial charge in [0.1, 0.15) is 6.04 Å². The Labute approximate surface area is 163 Å². The molecule has 2 fully saturated rings. The first-order valence-corrected chi connectivity index (χ1v) is 9.37. The Hall–Kier alpha value is -3.35. The van der Waals surface area contributed by atoms with Gasteiger partial charge in [0.2, 0.25) is 5.91 Å². The van der Waals surface area contributed by atoms with Gasteiger partial charge in [0.15, 0.2) is 0 Å². The number of carbonyl (C=O) groups excluding carboxylic acids is 3. The van der Waals surface area contributed by atoms with E-state index in [0.29, 0.717) is 23.1 Å². The van der Waals surface area contributed by atoms with E-state index in [2.05, 4.69) is 16.0 Å². The summed E-state index contributed by atoms with van der Waals surface area (Å²) in [5.74, 6) is -0.485. The number of nitrogens with one attached hydrogen (secondary N) is 3. The van der Waals surface area contributed by atoms with Crippen molar-refractivity contribution in [3.63, 3.8) is 0 Å². The Balaban J connectivity index is 1.38. The fourth-order valence-electron chi connectivity index (χ4n) is 3.14. The van der Waals surface area contributed by atoms with Crippen LogP contribution in [0, 0.1) is 6.92 Å². The highest BCUT2D eigenvalue weighted by Gasteiger charge is 2.39. The Morgan fingerprint density at radius 2 is 1.61 bits per heavy atom. The number of hydrogen-bond acceptors (Lipinski definition) is 4. The third kappa shape index (κ3) is 3.98. The molecule has 7 nitrogen and oxygen atoms in total. The van der Waals surface area contributed by atoms with Crippen LogP contribution in [0.15, 0.2) is 48.5 Å². The van der Waals surface area contributed by atoms with Crippen LogP contribution in [-0.4, -0.2) is 29.9 Å². The molecule has 4 amide bonds. The monoisotopic (exact) mass is 378 g/mol. The minimum absolute atomic E-state index is 0.108. The zero-order valence-corrected chi connectivity index (χ0v) is 15.6. The summed E-state index contributed by atoms with van der Waals surface area (Å²) in [6.07, 6.45) is 2.17. The van der Waals surface area contributed by atoms with E-state index in [1.165, 1.54) is 4.90 Å². The van der Waals surface area contributed by atoms with Crippen LogP contribution in [0.2, 0.25) is 0 Å². The van der Waals surface area contributed by atoms with Crippen LogP contribution >= 0.6 is 0 Å². The molecule has 1 aliphatic heterocycles. The number of rotatable bonds is 5. The maximum absolute atomic E-state index is 12.7. The zero-order chi connectivity index (χ0) is 19.7. The molecule has 1 saturated carbocycles. The molecule has 1 saturated heterocycles. The summed E-state index contributed by atoms with van der Waals surface area (Å²) in [6.45, 7) is 1.95. The number of benzene rings is 2. The van der Waals surface area contributed by atoms with Gasteiger partial charge in [-0.2, -0.15) is 0 Å². The van der Waals surface area contributed by atoms with Crippen LogP contribution < -0.4 is 20.9 Å². The third-order valence-corrected chi connectivity index (χ3v) is 4.84. The Kier molecular flexibility index (Phi) is 4.73. The van der Waals surface area contributed by atoms with Crippen LogP contribution in [0.3, 0.4) is 0 Å². The van der Waals surface area contributed by atoms with Gasteiger partial charge in [-0.3, -0.25) is 9.59 Å². The maximum Gasteiger partial charge on any atom is 0.319 e. The number of anilines is 3. The number of urea groups is 1. The van der Waals surface area contributed by atoms with Crippen molar-refractivity contribution in [2.75, 3.05) is 15.5 Å². The summed E-state index contributed by atoms with van der Waals surface area (Å²) in [4.78, 5) is 38.1. The first-order valence-electron chi connectivity index (χ1n) is 9.37. The average molecular weight is 378 g/mol. The highest BCUT2D eigenvalue weighted by atomic mass is 16.2. The van der Waals surface area contributed by atoms with Gasteiger partial charge < -0.3 is 16.0 Å². The molecule has 2 aromatic carbocycles. The predicted octanol–water partition coefficient (Wildman–Crippen LogP) is 3.02. The van der Waals surface area contributed by atoms with Crippen molar-refractivity contribution < 1.29 is 14.4 Å². The van der Waals surface area contributed by atoms with E-state index >= 15 is 0 Å². The third-order valence-electron chi connectivity index (χ3n) is 4.84. The zero-order valence-electron chi connectivity index (χ0n) is 15.6. The molecule has 0 radical (unpaired) electrons. The lowest BCUT2D eigenvalue weighted by Crippen LogP contribution is -2.34. The lowest BCUT2D eigenvalue weighted by molar-refractivity contribution is -0.121. The molecule has 4 rings (SSSR count). The lowest BCUT2D eigenvalue weighted by atomic mass is 10.2. The van der Waals surface area contributed by atoms with E-state index in [1.54, 1.807) is 36.4 Å². The van der Waals surface area contributed by atoms with Crippen LogP contribution in [0.5, 0.6) is 0 Å². The Morgan fingerprint density at radius 1 is 0.964 bits per heavy atom. The molecular weight excluding hydrogens is 356 g/mol. The van der Waals surface area contributed by atoms with Crippen molar-refractivity contribution in [2.45, 2.75) is 38.3 Å². The summed E-state index contributed by atoms with van der Waals surface area (Å²) < 4.78 is 0. The molecule has 1 atom stereocenters. The molecule has 7 heteroatoms. The number of amides is 4. The SMILES string of the molecule is Cc1ccc(N2C(=O)CC(Nc3ccc(NC(=O)NC4CC4)cc3)C2=O)cc1. The van der Waals surface area contributed by atoms with Crippen molar-refractivity contribution in [1.29, 1.82) is 0 Å². The average Bonchev–Trinajstić information content (AvgIpc) is 3.43. The topological polar surface area (TPSA) is 90.5 Å². The number of imide groups is 1. The highest BCUT2D eigenvalue weighted by molar-refractivity contribution is 6.23. The predicted molar refractivity (Wildman–Crippen MR) is 107 cm³/mol. The fraction of sp³-hybridized carbons (Fsp3) is 0.286. The minimum atomic E-state index is -0.606. The van der Waals surface area contributed by atoms with E-state index in [-0.39, 0.29) is 24.3 Å². The molecule has 3 N–H and O–H groups in total. The molecule has 2 aliphatic rings. The van der Waals surface area contributed by atoms with Gasteiger partial charge in [0, 0.05) is 17.4 Å². The van der Waals surface area contributed by atoms with Gasteiger partial charge in [-0.25, -0.2) is 9.69 Å². The van der Waals surface area contributed by atoms with Gasteiger partial charge in [-0.05, 0) is 56.2 Å². The summed E-state index contributed by atoms with van der Waals surface area (Å²) >= 11 is 0. The normalized spacial score (nSPS) is 18.9. The highest BCUT2D eigenvalue weighted by Crippen LogP contribution is 2.26. The summed E-state index contributed by atoms with van der Waals surface area (Å²) in [7, 11) is 0. The van der Waals surface area contributed by atoms with Gasteiger partial charge in [-0.15, -0.1) is 0 Å². The second-order valence-electron chi connectivity index (χ2n) is 7.25. The lowest BCUT2D eigenvalue weighted by Gasteiger charge is -2.16. The molecule has 28 heavy (non-hydrogen) atoms. The maximum atomic E-state index is 12.7. The van der Waals surface area contributed by atoms with Crippen LogP contribution in [0.4, 0.5) is 21.9 Å². The van der Waals surface area contributed by atoms with E-state index in [9.17, 15) is 14.4 Å². The van der Waals surface area contributed by atoms with Gasteiger partial charge >= 0.3 is 6.03 Å². The van der Waals surface area contributed by atoms with Gasteiger partial charge in [0.05, 0.1) is 12.1 Å². The smallest absolute Gasteiger partial charge is 0.319 e. The molecular formula is C21H22N4O3. The fourth-order valence-corrected chi connectivity index (χ4v) is 3.14. The number of aryl methyl sites for hydroxylation is 1. The standard InChI is InChI=1S/C21H22N4O3/c1-13-2-10-17(11-3-13)25-19(26)12-18(20(25)27)22-14-4-6-15(7-5-14)23-21(28)24-16-8-9-16/h2-7,10-11,16,18,22H,8-9,12H2,1H3,(H2,23,24,28). The van der Waals surface area contributed by atoms with Crippen LogP contribution in [0.25, 0.3) is 0 Å². The summed E-state index contributed by atoms with van der Waals surface area (Å²) in [6, 6.07) is 13.9. The van der Waals surface area contributed by atoms with Crippen molar-refractivity contribution in [3.05, 3.63) is 54.1 Å². The first-order chi connectivity index (χ1) is 13.5. The second kappa shape index (κ2) is 7.34. The van der Waals surface area contributed by atoms with Crippen molar-refractivity contribution >= 4 is 34.9 Å². The quantitative estimate of drug-likeness (QED) is 0.698.